The summed E-state index contributed by atoms with van der Waals surface area (Å²) < 4.78 is 0. The second kappa shape index (κ2) is 7.92. The van der Waals surface area contributed by atoms with Crippen LogP contribution in [0.4, 0.5) is 0 Å². The minimum absolute atomic E-state index is 0.0875. The molecule has 0 atom stereocenters. The number of fused-ring (bicyclic) bond motifs is 2. The van der Waals surface area contributed by atoms with Crippen LogP contribution in [0.15, 0.2) is 91.3 Å². The van der Waals surface area contributed by atoms with Gasteiger partial charge in [0.1, 0.15) is 0 Å². The molecule has 0 bridgehead atoms. The van der Waals surface area contributed by atoms with E-state index in [0.717, 1.165) is 38.6 Å². The molecule has 0 amide bonds. The second-order valence-corrected chi connectivity index (χ2v) is 7.30. The number of hydrogen-bond acceptors (Lipinski definition) is 4. The molecule has 3 aromatic carbocycles. The van der Waals surface area contributed by atoms with Crippen molar-refractivity contribution in [3.05, 3.63) is 108 Å². The number of nitrogens with zero attached hydrogens (tertiary/aromatic N) is 3. The topological polar surface area (TPSA) is 55.7 Å². The summed E-state index contributed by atoms with van der Waals surface area (Å²) in [5.41, 5.74) is 6.54. The molecule has 0 aliphatic carbocycles. The third-order valence-electron chi connectivity index (χ3n) is 5.33. The monoisotopic (exact) mass is 401 g/mol. The van der Waals surface area contributed by atoms with Crippen molar-refractivity contribution >= 4 is 33.8 Å². The van der Waals surface area contributed by atoms with Crippen molar-refractivity contribution in [3.8, 4) is 11.1 Å². The number of benzene rings is 3. The zero-order valence-electron chi connectivity index (χ0n) is 17.0. The van der Waals surface area contributed by atoms with Gasteiger partial charge in [-0.1, -0.05) is 60.7 Å². The van der Waals surface area contributed by atoms with Crippen LogP contribution >= 0.6 is 0 Å². The summed E-state index contributed by atoms with van der Waals surface area (Å²) in [6.07, 6.45) is 6.74. The molecule has 0 saturated heterocycles. The highest BCUT2D eigenvalue weighted by molar-refractivity contribution is 6.16. The van der Waals surface area contributed by atoms with Gasteiger partial charge in [-0.25, -0.2) is 0 Å². The fourth-order valence-electron chi connectivity index (χ4n) is 3.94. The van der Waals surface area contributed by atoms with E-state index < -0.39 is 0 Å². The lowest BCUT2D eigenvalue weighted by Gasteiger charge is -2.14. The van der Waals surface area contributed by atoms with Gasteiger partial charge in [0.15, 0.2) is 5.78 Å². The summed E-state index contributed by atoms with van der Waals surface area (Å²) in [6, 6.07) is 23.7. The lowest BCUT2D eigenvalue weighted by atomic mass is 9.92. The Balaban J connectivity index is 1.67. The zero-order valence-corrected chi connectivity index (χ0v) is 17.0. The Kier molecular flexibility index (Phi) is 4.81. The highest BCUT2D eigenvalue weighted by Crippen LogP contribution is 2.33. The van der Waals surface area contributed by atoms with Crippen molar-refractivity contribution in [1.29, 1.82) is 0 Å². The van der Waals surface area contributed by atoms with Gasteiger partial charge in [-0.15, -0.1) is 0 Å². The lowest BCUT2D eigenvalue weighted by molar-refractivity contribution is 0.104. The van der Waals surface area contributed by atoms with E-state index in [1.807, 2.05) is 85.8 Å². The number of aryl methyl sites for hydroxylation is 1. The molecular formula is C27H19N3O. The standard InChI is InChI=1S/C27H19N3O/c1-18-25(24(31)15-14-20-10-7-13-23-27(20)29-17-16-28-23)26(19-8-3-2-4-9-19)21-11-5-6-12-22(21)30-18/h2-17H,1H3. The molecule has 0 spiro atoms. The maximum atomic E-state index is 13.4. The Labute approximate surface area is 179 Å². The van der Waals surface area contributed by atoms with Crippen LogP contribution in [0.2, 0.25) is 0 Å². The van der Waals surface area contributed by atoms with Gasteiger partial charge in [0.25, 0.3) is 0 Å². The first kappa shape index (κ1) is 18.8. The van der Waals surface area contributed by atoms with E-state index >= 15 is 0 Å². The molecule has 5 rings (SSSR count). The molecule has 0 saturated carbocycles. The average Bonchev–Trinajstić information content (AvgIpc) is 2.82. The molecule has 31 heavy (non-hydrogen) atoms. The first-order chi connectivity index (χ1) is 15.2. The van der Waals surface area contributed by atoms with Crippen molar-refractivity contribution < 1.29 is 4.79 Å². The molecule has 0 aliphatic rings. The Morgan fingerprint density at radius 1 is 0.806 bits per heavy atom. The highest BCUT2D eigenvalue weighted by atomic mass is 16.1. The van der Waals surface area contributed by atoms with E-state index in [9.17, 15) is 4.79 Å². The van der Waals surface area contributed by atoms with E-state index in [1.165, 1.54) is 0 Å². The number of hydrogen-bond donors (Lipinski definition) is 0. The predicted octanol–water partition coefficient (Wildman–Crippen LogP) is 6.05. The summed E-state index contributed by atoms with van der Waals surface area (Å²) >= 11 is 0. The summed E-state index contributed by atoms with van der Waals surface area (Å²) in [5.74, 6) is -0.0875. The molecule has 0 fully saturated rings. The van der Waals surface area contributed by atoms with E-state index in [-0.39, 0.29) is 5.78 Å². The molecule has 2 heterocycles. The smallest absolute Gasteiger partial charge is 0.188 e. The Bertz CT molecular complexity index is 1450. The maximum Gasteiger partial charge on any atom is 0.188 e. The third-order valence-corrected chi connectivity index (χ3v) is 5.33. The third kappa shape index (κ3) is 3.49. The Morgan fingerprint density at radius 2 is 1.55 bits per heavy atom. The molecule has 0 aliphatic heterocycles. The summed E-state index contributed by atoms with van der Waals surface area (Å²) in [6.45, 7) is 1.89. The van der Waals surface area contributed by atoms with Crippen LogP contribution in [0.25, 0.3) is 39.1 Å². The van der Waals surface area contributed by atoms with E-state index in [0.29, 0.717) is 11.3 Å². The largest absolute Gasteiger partial charge is 0.289 e. The fourth-order valence-corrected chi connectivity index (χ4v) is 3.94. The number of carbonyl (C=O) groups is 1. The number of allylic oxidation sites excluding steroid dienone is 1. The van der Waals surface area contributed by atoms with Gasteiger partial charge < -0.3 is 0 Å². The highest BCUT2D eigenvalue weighted by Gasteiger charge is 2.18. The predicted molar refractivity (Wildman–Crippen MR) is 125 cm³/mol. The molecule has 0 N–H and O–H groups in total. The van der Waals surface area contributed by atoms with Crippen LogP contribution in [0.5, 0.6) is 0 Å². The molecule has 148 valence electrons. The van der Waals surface area contributed by atoms with Gasteiger partial charge in [-0.05, 0) is 36.8 Å². The number of aromatic nitrogens is 3. The van der Waals surface area contributed by atoms with Crippen LogP contribution < -0.4 is 0 Å². The second-order valence-electron chi connectivity index (χ2n) is 7.30. The summed E-state index contributed by atoms with van der Waals surface area (Å²) in [4.78, 5) is 26.9. The molecule has 4 heteroatoms. The van der Waals surface area contributed by atoms with Crippen LogP contribution in [0.1, 0.15) is 21.6 Å². The Hall–Kier alpha value is -4.18. The molecule has 0 radical (unpaired) electrons. The van der Waals surface area contributed by atoms with Crippen molar-refractivity contribution in [2.75, 3.05) is 0 Å². The van der Waals surface area contributed by atoms with Crippen molar-refractivity contribution in [1.82, 2.24) is 15.0 Å². The number of ketones is 1. The van der Waals surface area contributed by atoms with Crippen molar-refractivity contribution in [3.63, 3.8) is 0 Å². The number of para-hydroxylation sites is 2. The van der Waals surface area contributed by atoms with Crippen molar-refractivity contribution in [2.24, 2.45) is 0 Å². The van der Waals surface area contributed by atoms with Crippen LogP contribution in [0.3, 0.4) is 0 Å². The number of carbonyl (C=O) groups excluding carboxylic acids is 1. The van der Waals surface area contributed by atoms with E-state index in [2.05, 4.69) is 9.97 Å². The van der Waals surface area contributed by atoms with Gasteiger partial charge in [0.2, 0.25) is 0 Å². The van der Waals surface area contributed by atoms with E-state index in [4.69, 9.17) is 4.98 Å². The molecular weight excluding hydrogens is 382 g/mol. The number of rotatable bonds is 4. The van der Waals surface area contributed by atoms with Gasteiger partial charge in [0.05, 0.1) is 22.1 Å². The minimum Gasteiger partial charge on any atom is -0.289 e. The number of pyridine rings is 1. The maximum absolute atomic E-state index is 13.4. The van der Waals surface area contributed by atoms with Crippen LogP contribution in [-0.2, 0) is 0 Å². The molecule has 5 aromatic rings. The SMILES string of the molecule is Cc1nc2ccccc2c(-c2ccccc2)c1C(=O)C=Cc1cccc2nccnc12. The Morgan fingerprint density at radius 3 is 2.42 bits per heavy atom. The van der Waals surface area contributed by atoms with Gasteiger partial charge in [0, 0.05) is 34.6 Å². The van der Waals surface area contributed by atoms with Crippen molar-refractivity contribution in [2.45, 2.75) is 6.92 Å². The first-order valence-electron chi connectivity index (χ1n) is 10.1. The zero-order chi connectivity index (χ0) is 21.2. The quantitative estimate of drug-likeness (QED) is 0.272. The van der Waals surface area contributed by atoms with Gasteiger partial charge >= 0.3 is 0 Å². The van der Waals surface area contributed by atoms with Crippen LogP contribution in [-0.4, -0.2) is 20.7 Å². The van der Waals surface area contributed by atoms with Gasteiger partial charge in [-0.3, -0.25) is 19.7 Å². The summed E-state index contributed by atoms with van der Waals surface area (Å²) in [7, 11) is 0. The lowest BCUT2D eigenvalue weighted by Crippen LogP contribution is -2.05. The fraction of sp³-hybridized carbons (Fsp3) is 0.0370. The average molecular weight is 401 g/mol. The molecule has 4 nitrogen and oxygen atoms in total. The summed E-state index contributed by atoms with van der Waals surface area (Å²) in [5, 5.41) is 0.965. The molecule has 2 aromatic heterocycles. The normalized spacial score (nSPS) is 11.4. The van der Waals surface area contributed by atoms with E-state index in [1.54, 1.807) is 18.5 Å². The molecule has 0 unspecified atom stereocenters. The van der Waals surface area contributed by atoms with Gasteiger partial charge in [-0.2, -0.15) is 0 Å². The minimum atomic E-state index is -0.0875. The van der Waals surface area contributed by atoms with Crippen LogP contribution in [0, 0.1) is 6.92 Å². The first-order valence-corrected chi connectivity index (χ1v) is 10.1.